The molecule has 0 unspecified atom stereocenters. The van der Waals surface area contributed by atoms with Crippen LogP contribution >= 0.6 is 0 Å². The van der Waals surface area contributed by atoms with Gasteiger partial charge in [-0.25, -0.2) is 18.7 Å². The van der Waals surface area contributed by atoms with E-state index < -0.39 is 29.0 Å². The monoisotopic (exact) mass is 535 g/mol. The lowest BCUT2D eigenvalue weighted by Gasteiger charge is -2.65. The summed E-state index contributed by atoms with van der Waals surface area (Å²) in [6, 6.07) is 7.57. The molecule has 0 radical (unpaired) electrons. The number of aliphatic imine (C=N–C) groups is 2. The SMILES string of the molecule is C#Cc1c(F)ccc2cccc(-c3ncc4c(N5[C@@H](C)[C@@]6(N=C)N(C(=O)C=C)CC[C@@]56N=C)ncnc4c3F)c12. The number of fused-ring (bicyclic) bond motifs is 3. The van der Waals surface area contributed by atoms with Crippen molar-refractivity contribution < 1.29 is 13.6 Å². The Morgan fingerprint density at radius 3 is 2.70 bits per heavy atom. The lowest BCUT2D eigenvalue weighted by Crippen LogP contribution is -2.84. The maximum absolute atomic E-state index is 16.2. The minimum atomic E-state index is -1.11. The highest BCUT2D eigenvalue weighted by Crippen LogP contribution is 2.59. The second-order valence-corrected chi connectivity index (χ2v) is 9.70. The van der Waals surface area contributed by atoms with Crippen LogP contribution in [0.15, 0.2) is 65.5 Å². The maximum Gasteiger partial charge on any atom is 0.248 e. The van der Waals surface area contributed by atoms with E-state index in [1.165, 1.54) is 24.7 Å². The summed E-state index contributed by atoms with van der Waals surface area (Å²) in [7, 11) is 0. The number of nitrogens with zero attached hydrogens (tertiary/aromatic N) is 7. The van der Waals surface area contributed by atoms with E-state index in [0.29, 0.717) is 40.5 Å². The van der Waals surface area contributed by atoms with E-state index in [1.807, 2.05) is 11.8 Å². The van der Waals surface area contributed by atoms with Crippen LogP contribution in [0.25, 0.3) is 32.9 Å². The fourth-order valence-electron chi connectivity index (χ4n) is 6.54. The van der Waals surface area contributed by atoms with E-state index in [2.05, 4.69) is 50.9 Å². The van der Waals surface area contributed by atoms with Gasteiger partial charge in [-0.1, -0.05) is 36.8 Å². The number of likely N-dealkylation sites (tertiary alicyclic amines) is 1. The van der Waals surface area contributed by atoms with Gasteiger partial charge in [-0.05, 0) is 37.9 Å². The van der Waals surface area contributed by atoms with Crippen molar-refractivity contribution >= 4 is 46.8 Å². The lowest BCUT2D eigenvalue weighted by molar-refractivity contribution is -0.135. The summed E-state index contributed by atoms with van der Waals surface area (Å²) < 4.78 is 30.8. The van der Waals surface area contributed by atoms with E-state index in [0.717, 1.165) is 0 Å². The van der Waals surface area contributed by atoms with Gasteiger partial charge >= 0.3 is 0 Å². The first-order valence-electron chi connectivity index (χ1n) is 12.5. The molecule has 10 heteroatoms. The number of hydrogen-bond donors (Lipinski definition) is 0. The van der Waals surface area contributed by atoms with E-state index in [4.69, 9.17) is 6.42 Å². The lowest BCUT2D eigenvalue weighted by atomic mass is 9.74. The maximum atomic E-state index is 16.2. The van der Waals surface area contributed by atoms with Crippen LogP contribution in [0.2, 0.25) is 0 Å². The van der Waals surface area contributed by atoms with Crippen LogP contribution in [0, 0.1) is 24.0 Å². The predicted octanol–water partition coefficient (Wildman–Crippen LogP) is 4.53. The number of rotatable bonds is 5. The highest BCUT2D eigenvalue weighted by atomic mass is 19.1. The van der Waals surface area contributed by atoms with Crippen molar-refractivity contribution in [1.82, 2.24) is 19.9 Å². The zero-order valence-electron chi connectivity index (χ0n) is 21.6. The van der Waals surface area contributed by atoms with Crippen LogP contribution < -0.4 is 4.90 Å². The molecule has 0 spiro atoms. The summed E-state index contributed by atoms with van der Waals surface area (Å²) >= 11 is 0. The van der Waals surface area contributed by atoms with Gasteiger partial charge in [-0.3, -0.25) is 19.8 Å². The average molecular weight is 536 g/mol. The number of pyridine rings is 1. The number of carbonyl (C=O) groups is 1. The zero-order chi connectivity index (χ0) is 28.4. The number of halogens is 2. The molecule has 4 aromatic rings. The molecule has 0 N–H and O–H groups in total. The van der Waals surface area contributed by atoms with Gasteiger partial charge in [0.05, 0.1) is 17.0 Å². The molecule has 2 aliphatic heterocycles. The van der Waals surface area contributed by atoms with Crippen molar-refractivity contribution in [1.29, 1.82) is 0 Å². The number of aromatic nitrogens is 3. The summed E-state index contributed by atoms with van der Waals surface area (Å²) in [5, 5.41) is 1.36. The number of benzene rings is 2. The number of carbonyl (C=O) groups excluding carboxylic acids is 1. The Morgan fingerprint density at radius 1 is 1.20 bits per heavy atom. The average Bonchev–Trinajstić information content (AvgIpc) is 3.27. The fraction of sp³-hybridized carbons (Fsp3) is 0.200. The second-order valence-electron chi connectivity index (χ2n) is 9.70. The third-order valence-electron chi connectivity index (χ3n) is 8.22. The molecule has 6 rings (SSSR count). The normalized spacial score (nSPS) is 23.4. The van der Waals surface area contributed by atoms with Crippen molar-refractivity contribution in [3.8, 4) is 23.6 Å². The van der Waals surface area contributed by atoms with Gasteiger partial charge in [-0.15, -0.1) is 6.42 Å². The van der Waals surface area contributed by atoms with Crippen LogP contribution in [-0.4, -0.2) is 63.1 Å². The van der Waals surface area contributed by atoms with Gasteiger partial charge in [0.2, 0.25) is 5.91 Å². The molecule has 40 heavy (non-hydrogen) atoms. The summed E-state index contributed by atoms with van der Waals surface area (Å²) in [5.74, 6) is 1.16. The van der Waals surface area contributed by atoms with Crippen LogP contribution in [0.4, 0.5) is 14.6 Å². The molecular formula is C30H23F2N7O. The molecule has 2 saturated heterocycles. The predicted molar refractivity (Wildman–Crippen MR) is 151 cm³/mol. The molecule has 2 fully saturated rings. The molecule has 8 nitrogen and oxygen atoms in total. The Morgan fingerprint density at radius 2 is 2.00 bits per heavy atom. The Labute approximate surface area is 228 Å². The number of hydrogen-bond acceptors (Lipinski definition) is 7. The van der Waals surface area contributed by atoms with E-state index in [1.54, 1.807) is 29.2 Å². The van der Waals surface area contributed by atoms with Gasteiger partial charge in [0.15, 0.2) is 17.1 Å². The molecule has 198 valence electrons. The molecule has 2 aliphatic rings. The summed E-state index contributed by atoms with van der Waals surface area (Å²) in [5.41, 5.74) is -1.84. The van der Waals surface area contributed by atoms with E-state index in [-0.39, 0.29) is 22.7 Å². The van der Waals surface area contributed by atoms with Gasteiger partial charge in [0.1, 0.15) is 29.2 Å². The Kier molecular flexibility index (Phi) is 5.52. The van der Waals surface area contributed by atoms with Crippen molar-refractivity contribution in [2.24, 2.45) is 9.98 Å². The Hall–Kier alpha value is -5.04. The molecule has 4 heterocycles. The Bertz CT molecular complexity index is 1830. The highest BCUT2D eigenvalue weighted by Gasteiger charge is 2.76. The third kappa shape index (κ3) is 2.89. The first-order valence-corrected chi connectivity index (χ1v) is 12.5. The summed E-state index contributed by atoms with van der Waals surface area (Å²) in [6.07, 6.45) is 9.98. The molecule has 2 aromatic heterocycles. The molecule has 1 amide bonds. The van der Waals surface area contributed by atoms with Gasteiger partial charge < -0.3 is 9.80 Å². The van der Waals surface area contributed by atoms with Crippen molar-refractivity contribution in [2.75, 3.05) is 11.4 Å². The van der Waals surface area contributed by atoms with Crippen LogP contribution in [0.1, 0.15) is 18.9 Å². The quantitative estimate of drug-likeness (QED) is 0.213. The topological polar surface area (TPSA) is 86.9 Å². The first kappa shape index (κ1) is 25.2. The second kappa shape index (κ2) is 8.74. The van der Waals surface area contributed by atoms with Crippen molar-refractivity contribution in [3.05, 3.63) is 72.7 Å². The zero-order valence-corrected chi connectivity index (χ0v) is 21.6. The van der Waals surface area contributed by atoms with Gasteiger partial charge in [0.25, 0.3) is 0 Å². The highest BCUT2D eigenvalue weighted by molar-refractivity contribution is 6.02. The number of anilines is 1. The molecular weight excluding hydrogens is 512 g/mol. The third-order valence-corrected chi connectivity index (χ3v) is 8.22. The van der Waals surface area contributed by atoms with Gasteiger partial charge in [-0.2, -0.15) is 0 Å². The van der Waals surface area contributed by atoms with Crippen LogP contribution in [0.5, 0.6) is 0 Å². The minimum absolute atomic E-state index is 0.0122. The van der Waals surface area contributed by atoms with Crippen molar-refractivity contribution in [3.63, 3.8) is 0 Å². The van der Waals surface area contributed by atoms with Gasteiger partial charge in [0, 0.05) is 30.1 Å². The largest absolute Gasteiger partial charge is 0.320 e. The van der Waals surface area contributed by atoms with Crippen LogP contribution in [-0.2, 0) is 4.79 Å². The number of amides is 1. The standard InChI is InChI=1S/C30H23F2N7O/c1-6-19-22(31)12-11-18-9-8-10-20(24(18)19)26-25(32)27-21(15-35-26)28(37-16-36-27)39-17(3)30(34-5)29(39,33-4)13-14-38(30)23(40)7-2/h1,7-12,15-17H,2,4-5,13-14H2,3H3/t17-,29+,30+/m0/s1. The van der Waals surface area contributed by atoms with Crippen molar-refractivity contribution in [2.45, 2.75) is 30.7 Å². The van der Waals surface area contributed by atoms with E-state index >= 15 is 4.39 Å². The molecule has 3 atom stereocenters. The summed E-state index contributed by atoms with van der Waals surface area (Å²) in [6.45, 7) is 13.4. The minimum Gasteiger partial charge on any atom is -0.320 e. The van der Waals surface area contributed by atoms with E-state index in [9.17, 15) is 9.18 Å². The Balaban J connectivity index is 1.54. The summed E-state index contributed by atoms with van der Waals surface area (Å²) in [4.78, 5) is 38.2. The molecule has 0 saturated carbocycles. The fourth-order valence-corrected chi connectivity index (χ4v) is 6.54. The van der Waals surface area contributed by atoms with Crippen LogP contribution in [0.3, 0.4) is 0 Å². The molecule has 0 bridgehead atoms. The smallest absolute Gasteiger partial charge is 0.248 e. The first-order chi connectivity index (χ1) is 19.3. The molecule has 2 aromatic carbocycles. The number of terminal acetylenes is 1. The molecule has 0 aliphatic carbocycles.